The number of nitrogens with one attached hydrogen (secondary N) is 3. The van der Waals surface area contributed by atoms with Gasteiger partial charge in [0.05, 0.1) is 6.42 Å². The van der Waals surface area contributed by atoms with Crippen LogP contribution in [0.3, 0.4) is 0 Å². The summed E-state index contributed by atoms with van der Waals surface area (Å²) >= 11 is 0. The average molecular weight is 488 g/mol. The highest BCUT2D eigenvalue weighted by Gasteiger charge is 2.18. The molecule has 7 N–H and O–H groups in total. The largest absolute Gasteiger partial charge is 0.456 e. The van der Waals surface area contributed by atoms with Crippen LogP contribution in [0, 0.1) is 10.8 Å². The second-order valence-electron chi connectivity index (χ2n) is 9.12. The molecule has 188 valence electrons. The lowest BCUT2D eigenvalue weighted by Crippen LogP contribution is -2.47. The minimum absolute atomic E-state index is 0.00109. The summed E-state index contributed by atoms with van der Waals surface area (Å²) in [4.78, 5) is 17.5. The monoisotopic (exact) mass is 487 g/mol. The number of amides is 1. The molecule has 1 aromatic heterocycles. The number of benzene rings is 2. The highest BCUT2D eigenvalue weighted by Crippen LogP contribution is 2.33. The van der Waals surface area contributed by atoms with E-state index in [0.29, 0.717) is 29.2 Å². The maximum atomic E-state index is 12.8. The van der Waals surface area contributed by atoms with Gasteiger partial charge in [-0.15, -0.1) is 0 Å². The molecule has 1 amide bonds. The highest BCUT2D eigenvalue weighted by atomic mass is 16.3. The average Bonchev–Trinajstić information content (AvgIpc) is 3.29. The number of rotatable bonds is 9. The van der Waals surface area contributed by atoms with Crippen LogP contribution in [0.4, 0.5) is 0 Å². The van der Waals surface area contributed by atoms with Crippen molar-refractivity contribution in [2.45, 2.75) is 6.42 Å². The molecule has 0 radical (unpaired) electrons. The van der Waals surface area contributed by atoms with Gasteiger partial charge in [-0.1, -0.05) is 48.5 Å². The number of amidine groups is 2. The Balaban J connectivity index is 1.51. The summed E-state index contributed by atoms with van der Waals surface area (Å²) < 4.78 is 6.24. The molecule has 3 aromatic rings. The highest BCUT2D eigenvalue weighted by molar-refractivity contribution is 5.96. The molecule has 0 unspecified atom stereocenters. The van der Waals surface area contributed by atoms with Crippen molar-refractivity contribution >= 4 is 17.6 Å². The van der Waals surface area contributed by atoms with Gasteiger partial charge in [0.25, 0.3) is 0 Å². The fraction of sp³-hybridized carbons (Fsp3) is 0.296. The van der Waals surface area contributed by atoms with Crippen LogP contribution in [0.5, 0.6) is 0 Å². The third-order valence-electron chi connectivity index (χ3n) is 6.44. The third kappa shape index (κ3) is 6.18. The minimum Gasteiger partial charge on any atom is -0.456 e. The maximum absolute atomic E-state index is 12.8. The van der Waals surface area contributed by atoms with Gasteiger partial charge in [0.1, 0.15) is 23.2 Å². The molecule has 0 spiro atoms. The molecule has 1 fully saturated rings. The Morgan fingerprint density at radius 2 is 1.47 bits per heavy atom. The number of carbonyl (C=O) groups excluding carboxylic acids is 1. The number of piperazine rings is 1. The van der Waals surface area contributed by atoms with E-state index in [9.17, 15) is 4.79 Å². The Labute approximate surface area is 211 Å². The van der Waals surface area contributed by atoms with Crippen LogP contribution >= 0.6 is 0 Å². The third-order valence-corrected chi connectivity index (χ3v) is 6.44. The molecule has 0 atom stereocenters. The number of nitrogens with two attached hydrogens (primary N) is 2. The zero-order chi connectivity index (χ0) is 25.7. The predicted octanol–water partition coefficient (Wildman–Crippen LogP) is 2.09. The lowest BCUT2D eigenvalue weighted by molar-refractivity contribution is -0.120. The van der Waals surface area contributed by atoms with Crippen LogP contribution in [-0.4, -0.2) is 73.7 Å². The van der Waals surface area contributed by atoms with Crippen molar-refractivity contribution in [3.63, 3.8) is 0 Å². The van der Waals surface area contributed by atoms with Crippen molar-refractivity contribution in [3.05, 3.63) is 71.3 Å². The molecule has 1 aliphatic heterocycles. The number of nitrogen functional groups attached to an aromatic ring is 2. The fourth-order valence-electron chi connectivity index (χ4n) is 4.22. The van der Waals surface area contributed by atoms with E-state index in [1.54, 1.807) is 24.3 Å². The summed E-state index contributed by atoms with van der Waals surface area (Å²) in [5.74, 6) is 1.15. The summed E-state index contributed by atoms with van der Waals surface area (Å²) in [6.07, 6.45) is 0.182. The lowest BCUT2D eigenvalue weighted by Gasteiger charge is -2.32. The van der Waals surface area contributed by atoms with Gasteiger partial charge in [-0.2, -0.15) is 0 Å². The molecule has 0 bridgehead atoms. The number of nitrogens with zero attached hydrogens (tertiary/aromatic N) is 2. The van der Waals surface area contributed by atoms with E-state index in [0.717, 1.165) is 49.4 Å². The van der Waals surface area contributed by atoms with Crippen molar-refractivity contribution in [1.82, 2.24) is 15.1 Å². The van der Waals surface area contributed by atoms with Gasteiger partial charge in [0.15, 0.2) is 0 Å². The van der Waals surface area contributed by atoms with E-state index < -0.39 is 0 Å². The number of likely N-dealkylation sites (N-methyl/N-ethyl adjacent to an activating group) is 1. The van der Waals surface area contributed by atoms with Crippen molar-refractivity contribution in [3.8, 4) is 22.6 Å². The van der Waals surface area contributed by atoms with Gasteiger partial charge in [0, 0.05) is 67.1 Å². The fourth-order valence-corrected chi connectivity index (χ4v) is 4.22. The topological polar surface area (TPSA) is 148 Å². The summed E-state index contributed by atoms with van der Waals surface area (Å²) in [5, 5.41) is 18.3. The van der Waals surface area contributed by atoms with E-state index in [2.05, 4.69) is 22.2 Å². The molecule has 9 heteroatoms. The van der Waals surface area contributed by atoms with Gasteiger partial charge >= 0.3 is 0 Å². The maximum Gasteiger partial charge on any atom is 0.224 e. The van der Waals surface area contributed by atoms with Crippen molar-refractivity contribution in [2.24, 2.45) is 11.5 Å². The summed E-state index contributed by atoms with van der Waals surface area (Å²) in [5.41, 5.74) is 14.8. The van der Waals surface area contributed by atoms with Gasteiger partial charge < -0.3 is 26.1 Å². The van der Waals surface area contributed by atoms with Crippen LogP contribution in [0.1, 0.15) is 16.7 Å². The molecular formula is C27H33N7O2. The Bertz CT molecular complexity index is 1220. The molecule has 0 aliphatic carbocycles. The van der Waals surface area contributed by atoms with Crippen LogP contribution in [0.25, 0.3) is 22.6 Å². The molecule has 0 saturated carbocycles. The van der Waals surface area contributed by atoms with E-state index in [-0.39, 0.29) is 24.0 Å². The first-order valence-corrected chi connectivity index (χ1v) is 12.0. The van der Waals surface area contributed by atoms with Crippen LogP contribution in [0.15, 0.2) is 59.0 Å². The zero-order valence-corrected chi connectivity index (χ0v) is 20.5. The number of hydrogen-bond donors (Lipinski definition) is 5. The summed E-state index contributed by atoms with van der Waals surface area (Å²) in [6, 6.07) is 16.3. The second kappa shape index (κ2) is 11.2. The Kier molecular flexibility index (Phi) is 7.82. The first-order valence-electron chi connectivity index (χ1n) is 12.0. The summed E-state index contributed by atoms with van der Waals surface area (Å²) in [7, 11) is 2.13. The second-order valence-corrected chi connectivity index (χ2v) is 9.12. The van der Waals surface area contributed by atoms with E-state index in [1.165, 1.54) is 0 Å². The lowest BCUT2D eigenvalue weighted by atomic mass is 10.0. The molecule has 36 heavy (non-hydrogen) atoms. The molecule has 1 saturated heterocycles. The summed E-state index contributed by atoms with van der Waals surface area (Å²) in [6.45, 7) is 5.55. The standard InChI is InChI=1S/C27H33N7O2/c1-33-12-14-34(15-13-33)11-10-32-24(35)17-22-16-23(18-2-6-20(7-3-18)26(28)29)36-25(22)19-4-8-21(9-5-19)27(30)31/h2-9,16H,10-15,17H2,1H3,(H3,28,29)(H3,30,31)(H,32,35). The Morgan fingerprint density at radius 3 is 2.03 bits per heavy atom. The molecule has 2 heterocycles. The van der Waals surface area contributed by atoms with Gasteiger partial charge in [0.2, 0.25) is 5.91 Å². The van der Waals surface area contributed by atoms with Gasteiger partial charge in [-0.25, -0.2) is 0 Å². The SMILES string of the molecule is CN1CCN(CCNC(=O)Cc2cc(-c3ccc(C(=N)N)cc3)oc2-c2ccc(C(=N)N)cc2)CC1. The molecule has 9 nitrogen and oxygen atoms in total. The van der Waals surface area contributed by atoms with Crippen molar-refractivity contribution < 1.29 is 9.21 Å². The van der Waals surface area contributed by atoms with E-state index >= 15 is 0 Å². The normalized spacial score (nSPS) is 14.5. The van der Waals surface area contributed by atoms with Gasteiger partial charge in [-0.05, 0) is 13.1 Å². The van der Waals surface area contributed by atoms with Crippen LogP contribution in [-0.2, 0) is 11.2 Å². The van der Waals surface area contributed by atoms with Crippen molar-refractivity contribution in [2.75, 3.05) is 46.3 Å². The number of carbonyl (C=O) groups is 1. The molecule has 4 rings (SSSR count). The number of hydrogen-bond acceptors (Lipinski definition) is 6. The van der Waals surface area contributed by atoms with Crippen LogP contribution in [0.2, 0.25) is 0 Å². The predicted molar refractivity (Wildman–Crippen MR) is 142 cm³/mol. The van der Waals surface area contributed by atoms with E-state index in [4.69, 9.17) is 26.7 Å². The van der Waals surface area contributed by atoms with E-state index in [1.807, 2.05) is 30.3 Å². The first-order chi connectivity index (χ1) is 17.3. The molecular weight excluding hydrogens is 454 g/mol. The molecule has 1 aliphatic rings. The first kappa shape index (κ1) is 25.2. The minimum atomic E-state index is -0.0648. The van der Waals surface area contributed by atoms with Crippen molar-refractivity contribution in [1.29, 1.82) is 10.8 Å². The van der Waals surface area contributed by atoms with Gasteiger partial charge in [-0.3, -0.25) is 20.5 Å². The Hall–Kier alpha value is -3.95. The zero-order valence-electron chi connectivity index (χ0n) is 20.5. The Morgan fingerprint density at radius 1 is 0.917 bits per heavy atom. The smallest absolute Gasteiger partial charge is 0.224 e. The van der Waals surface area contributed by atoms with Crippen LogP contribution < -0.4 is 16.8 Å². The quantitative estimate of drug-likeness (QED) is 0.231. The molecule has 2 aromatic carbocycles. The number of furan rings is 1.